The third kappa shape index (κ3) is 4.53. The Kier molecular flexibility index (Phi) is 4.81. The van der Waals surface area contributed by atoms with Gasteiger partial charge in [0.05, 0.1) is 11.6 Å². The van der Waals surface area contributed by atoms with Crippen LogP contribution >= 0.6 is 0 Å². The monoisotopic (exact) mass is 278 g/mol. The predicted octanol–water partition coefficient (Wildman–Crippen LogP) is 2.34. The molecule has 0 aromatic heterocycles. The topological polar surface area (TPSA) is 78.3 Å². The van der Waals surface area contributed by atoms with Crippen LogP contribution in [0.2, 0.25) is 0 Å². The first-order valence-corrected chi connectivity index (χ1v) is 6.88. The van der Waals surface area contributed by atoms with Crippen LogP contribution in [-0.4, -0.2) is 17.6 Å². The standard InChI is InChI=1S/C16H26N2O2/c1-11(10-16(5,18)14(17)19)20-13-8-6-12(7-9-13)15(2,3)4/h6-9,11H,10,18H2,1-5H3,(H2,17,19). The van der Waals surface area contributed by atoms with E-state index in [4.69, 9.17) is 16.2 Å². The molecule has 0 saturated heterocycles. The summed E-state index contributed by atoms with van der Waals surface area (Å²) < 4.78 is 5.78. The number of nitrogens with two attached hydrogens (primary N) is 2. The van der Waals surface area contributed by atoms with E-state index in [1.54, 1.807) is 6.92 Å². The Hall–Kier alpha value is -1.55. The first-order valence-electron chi connectivity index (χ1n) is 6.88. The molecule has 1 rings (SSSR count). The molecule has 2 unspecified atom stereocenters. The molecule has 0 spiro atoms. The Balaban J connectivity index is 2.68. The third-order valence-corrected chi connectivity index (χ3v) is 3.33. The summed E-state index contributed by atoms with van der Waals surface area (Å²) in [5.74, 6) is 0.252. The van der Waals surface area contributed by atoms with Crippen LogP contribution < -0.4 is 16.2 Å². The SMILES string of the molecule is CC(CC(C)(N)C(N)=O)Oc1ccc(C(C)(C)C)cc1. The van der Waals surface area contributed by atoms with Crippen LogP contribution in [0.15, 0.2) is 24.3 Å². The second kappa shape index (κ2) is 5.83. The lowest BCUT2D eigenvalue weighted by Crippen LogP contribution is -2.51. The number of ether oxygens (including phenoxy) is 1. The van der Waals surface area contributed by atoms with Crippen molar-refractivity contribution in [1.82, 2.24) is 0 Å². The lowest BCUT2D eigenvalue weighted by atomic mass is 9.87. The zero-order valence-electron chi connectivity index (χ0n) is 13.1. The molecular formula is C16H26N2O2. The highest BCUT2D eigenvalue weighted by Gasteiger charge is 2.28. The quantitative estimate of drug-likeness (QED) is 0.867. The highest BCUT2D eigenvalue weighted by molar-refractivity contribution is 5.83. The van der Waals surface area contributed by atoms with Crippen molar-refractivity contribution in [3.05, 3.63) is 29.8 Å². The van der Waals surface area contributed by atoms with E-state index in [9.17, 15) is 4.79 Å². The number of amides is 1. The molecule has 0 bridgehead atoms. The number of benzene rings is 1. The molecule has 0 aliphatic heterocycles. The van der Waals surface area contributed by atoms with E-state index in [1.165, 1.54) is 5.56 Å². The molecule has 1 amide bonds. The van der Waals surface area contributed by atoms with Crippen LogP contribution in [0.25, 0.3) is 0 Å². The molecule has 0 aliphatic rings. The number of carbonyl (C=O) groups excluding carboxylic acids is 1. The summed E-state index contributed by atoms with van der Waals surface area (Å²) in [6, 6.07) is 7.99. The smallest absolute Gasteiger partial charge is 0.237 e. The Morgan fingerprint density at radius 3 is 2.10 bits per heavy atom. The lowest BCUT2D eigenvalue weighted by Gasteiger charge is -2.25. The Bertz CT molecular complexity index is 458. The molecule has 1 aromatic carbocycles. The molecule has 4 nitrogen and oxygen atoms in total. The van der Waals surface area contributed by atoms with Gasteiger partial charge in [0.25, 0.3) is 0 Å². The fourth-order valence-corrected chi connectivity index (χ4v) is 2.01. The van der Waals surface area contributed by atoms with Crippen LogP contribution in [0.1, 0.15) is 46.6 Å². The number of hydrogen-bond donors (Lipinski definition) is 2. The highest BCUT2D eigenvalue weighted by Crippen LogP contribution is 2.25. The van der Waals surface area contributed by atoms with E-state index >= 15 is 0 Å². The predicted molar refractivity (Wildman–Crippen MR) is 81.6 cm³/mol. The summed E-state index contributed by atoms with van der Waals surface area (Å²) in [6.45, 7) is 10.00. The van der Waals surface area contributed by atoms with Gasteiger partial charge in [0.15, 0.2) is 0 Å². The van der Waals surface area contributed by atoms with E-state index in [-0.39, 0.29) is 11.5 Å². The molecule has 20 heavy (non-hydrogen) atoms. The first kappa shape index (κ1) is 16.5. The Labute approximate surface area is 121 Å². The van der Waals surface area contributed by atoms with Crippen molar-refractivity contribution in [3.63, 3.8) is 0 Å². The fourth-order valence-electron chi connectivity index (χ4n) is 2.01. The van der Waals surface area contributed by atoms with E-state index in [0.717, 1.165) is 5.75 Å². The van der Waals surface area contributed by atoms with Crippen molar-refractivity contribution in [2.45, 2.75) is 58.1 Å². The van der Waals surface area contributed by atoms with E-state index in [1.807, 2.05) is 19.1 Å². The number of primary amides is 1. The molecule has 112 valence electrons. The van der Waals surface area contributed by atoms with Crippen molar-refractivity contribution in [3.8, 4) is 5.75 Å². The Morgan fingerprint density at radius 2 is 1.70 bits per heavy atom. The molecule has 4 N–H and O–H groups in total. The summed E-state index contributed by atoms with van der Waals surface area (Å²) in [4.78, 5) is 11.2. The summed E-state index contributed by atoms with van der Waals surface area (Å²) in [5.41, 5.74) is 11.4. The number of hydrogen-bond acceptors (Lipinski definition) is 3. The Morgan fingerprint density at radius 1 is 1.20 bits per heavy atom. The van der Waals surface area contributed by atoms with Crippen LogP contribution in [0.5, 0.6) is 5.75 Å². The van der Waals surface area contributed by atoms with Gasteiger partial charge in [0.1, 0.15) is 5.75 Å². The summed E-state index contributed by atoms with van der Waals surface area (Å²) in [6.07, 6.45) is 0.196. The van der Waals surface area contributed by atoms with Gasteiger partial charge in [0.2, 0.25) is 5.91 Å². The van der Waals surface area contributed by atoms with Gasteiger partial charge in [-0.1, -0.05) is 32.9 Å². The minimum absolute atomic E-state index is 0.117. The average Bonchev–Trinajstić information content (AvgIpc) is 2.27. The molecule has 0 fully saturated rings. The molecular weight excluding hydrogens is 252 g/mol. The van der Waals surface area contributed by atoms with Crippen LogP contribution in [0.4, 0.5) is 0 Å². The van der Waals surface area contributed by atoms with E-state index < -0.39 is 11.4 Å². The average molecular weight is 278 g/mol. The van der Waals surface area contributed by atoms with E-state index in [2.05, 4.69) is 32.9 Å². The molecule has 2 atom stereocenters. The summed E-state index contributed by atoms with van der Waals surface area (Å²) in [5, 5.41) is 0. The maximum absolute atomic E-state index is 11.2. The van der Waals surface area contributed by atoms with Crippen molar-refractivity contribution in [2.24, 2.45) is 11.5 Å². The summed E-state index contributed by atoms with van der Waals surface area (Å²) in [7, 11) is 0. The molecule has 0 saturated carbocycles. The summed E-state index contributed by atoms with van der Waals surface area (Å²) >= 11 is 0. The minimum atomic E-state index is -1.05. The van der Waals surface area contributed by atoms with Gasteiger partial charge in [-0.3, -0.25) is 4.79 Å². The molecule has 4 heteroatoms. The van der Waals surface area contributed by atoms with Gasteiger partial charge >= 0.3 is 0 Å². The molecule has 0 aliphatic carbocycles. The van der Waals surface area contributed by atoms with Crippen LogP contribution in [0, 0.1) is 0 Å². The van der Waals surface area contributed by atoms with Crippen molar-refractivity contribution >= 4 is 5.91 Å². The van der Waals surface area contributed by atoms with Crippen LogP contribution in [-0.2, 0) is 10.2 Å². The maximum Gasteiger partial charge on any atom is 0.237 e. The minimum Gasteiger partial charge on any atom is -0.491 e. The number of carbonyl (C=O) groups is 1. The van der Waals surface area contributed by atoms with Crippen molar-refractivity contribution < 1.29 is 9.53 Å². The van der Waals surface area contributed by atoms with Crippen molar-refractivity contribution in [2.75, 3.05) is 0 Å². The zero-order valence-corrected chi connectivity index (χ0v) is 13.1. The second-order valence-corrected chi connectivity index (χ2v) is 6.69. The van der Waals surface area contributed by atoms with Gasteiger partial charge in [-0.25, -0.2) is 0 Å². The highest BCUT2D eigenvalue weighted by atomic mass is 16.5. The van der Waals surface area contributed by atoms with Gasteiger partial charge < -0.3 is 16.2 Å². The van der Waals surface area contributed by atoms with Gasteiger partial charge in [0, 0.05) is 6.42 Å². The van der Waals surface area contributed by atoms with Gasteiger partial charge in [-0.15, -0.1) is 0 Å². The third-order valence-electron chi connectivity index (χ3n) is 3.33. The first-order chi connectivity index (χ1) is 9.02. The molecule has 1 aromatic rings. The largest absolute Gasteiger partial charge is 0.491 e. The van der Waals surface area contributed by atoms with E-state index in [0.29, 0.717) is 6.42 Å². The zero-order chi connectivity index (χ0) is 15.6. The lowest BCUT2D eigenvalue weighted by molar-refractivity contribution is -0.123. The second-order valence-electron chi connectivity index (χ2n) is 6.69. The van der Waals surface area contributed by atoms with Crippen molar-refractivity contribution in [1.29, 1.82) is 0 Å². The fraction of sp³-hybridized carbons (Fsp3) is 0.562. The van der Waals surface area contributed by atoms with Crippen LogP contribution in [0.3, 0.4) is 0 Å². The normalized spacial score (nSPS) is 16.3. The van der Waals surface area contributed by atoms with Gasteiger partial charge in [-0.05, 0) is 37.0 Å². The molecule has 0 radical (unpaired) electrons. The number of rotatable bonds is 5. The maximum atomic E-state index is 11.2. The van der Waals surface area contributed by atoms with Gasteiger partial charge in [-0.2, -0.15) is 0 Å². The molecule has 0 heterocycles.